The highest BCUT2D eigenvalue weighted by atomic mass is 35.5. The molecule has 0 bridgehead atoms. The molecular formula is C18H20Cl2O. The molecule has 2 rings (SSSR count). The fraction of sp³-hybridized carbons (Fsp3) is 0.333. The predicted molar refractivity (Wildman–Crippen MR) is 90.4 cm³/mol. The summed E-state index contributed by atoms with van der Waals surface area (Å²) in [5.74, 6) is 0.860. The Kier molecular flexibility index (Phi) is 5.18. The molecule has 21 heavy (non-hydrogen) atoms. The van der Waals surface area contributed by atoms with Crippen LogP contribution in [-0.2, 0) is 13.0 Å². The van der Waals surface area contributed by atoms with Crippen LogP contribution in [0.25, 0.3) is 0 Å². The molecule has 0 saturated heterocycles. The van der Waals surface area contributed by atoms with Crippen molar-refractivity contribution in [3.8, 4) is 5.75 Å². The average Bonchev–Trinajstić information content (AvgIpc) is 2.40. The van der Waals surface area contributed by atoms with E-state index in [9.17, 15) is 0 Å². The Morgan fingerprint density at radius 2 is 1.48 bits per heavy atom. The lowest BCUT2D eigenvalue weighted by Gasteiger charge is -2.18. The summed E-state index contributed by atoms with van der Waals surface area (Å²) in [6.45, 7) is 7.20. The van der Waals surface area contributed by atoms with Gasteiger partial charge in [-0.2, -0.15) is 0 Å². The fourth-order valence-electron chi connectivity index (χ4n) is 2.11. The normalized spacial score (nSPS) is 11.5. The van der Waals surface area contributed by atoms with Crippen LogP contribution in [-0.4, -0.2) is 0 Å². The lowest BCUT2D eigenvalue weighted by atomic mass is 9.88. The Morgan fingerprint density at radius 3 is 2.05 bits per heavy atom. The van der Waals surface area contributed by atoms with Crippen molar-refractivity contribution >= 4 is 23.2 Å². The minimum atomic E-state index is 0.294. The molecule has 0 unspecified atom stereocenters. The maximum Gasteiger partial charge on any atom is 0.119 e. The largest absolute Gasteiger partial charge is 0.489 e. The van der Waals surface area contributed by atoms with Crippen LogP contribution in [0.2, 0.25) is 10.0 Å². The molecule has 2 aromatic rings. The molecule has 0 fully saturated rings. The standard InChI is InChI=1S/C18H20Cl2O/c1-18(2,3)11-13-4-7-15(8-5-13)21-12-14-6-9-16(19)17(20)10-14/h4-10H,11-12H2,1-3H3. The first-order valence-corrected chi connectivity index (χ1v) is 7.75. The SMILES string of the molecule is CC(C)(C)Cc1ccc(OCc2ccc(Cl)c(Cl)c2)cc1. The van der Waals surface area contributed by atoms with Gasteiger partial charge in [-0.25, -0.2) is 0 Å². The third kappa shape index (κ3) is 5.26. The van der Waals surface area contributed by atoms with Gasteiger partial charge < -0.3 is 4.74 Å². The number of halogens is 2. The topological polar surface area (TPSA) is 9.23 Å². The van der Waals surface area contributed by atoms with Crippen LogP contribution >= 0.6 is 23.2 Å². The third-order valence-corrected chi connectivity index (χ3v) is 3.79. The minimum absolute atomic E-state index is 0.294. The van der Waals surface area contributed by atoms with E-state index in [-0.39, 0.29) is 0 Å². The first kappa shape index (κ1) is 16.2. The molecule has 112 valence electrons. The highest BCUT2D eigenvalue weighted by Crippen LogP contribution is 2.24. The van der Waals surface area contributed by atoms with Crippen molar-refractivity contribution < 1.29 is 4.74 Å². The molecule has 0 heterocycles. The predicted octanol–water partition coefficient (Wildman–Crippen LogP) is 6.16. The van der Waals surface area contributed by atoms with Crippen LogP contribution in [0.5, 0.6) is 5.75 Å². The van der Waals surface area contributed by atoms with Gasteiger partial charge in [-0.15, -0.1) is 0 Å². The molecule has 0 amide bonds. The zero-order valence-electron chi connectivity index (χ0n) is 12.6. The summed E-state index contributed by atoms with van der Waals surface area (Å²) in [6.07, 6.45) is 1.06. The Bertz CT molecular complexity index is 598. The lowest BCUT2D eigenvalue weighted by Crippen LogP contribution is -2.08. The molecule has 0 saturated carbocycles. The highest BCUT2D eigenvalue weighted by Gasteiger charge is 2.11. The zero-order valence-corrected chi connectivity index (χ0v) is 14.1. The summed E-state index contributed by atoms with van der Waals surface area (Å²) >= 11 is 11.9. The highest BCUT2D eigenvalue weighted by molar-refractivity contribution is 6.42. The van der Waals surface area contributed by atoms with Crippen LogP contribution in [0.4, 0.5) is 0 Å². The molecule has 0 N–H and O–H groups in total. The van der Waals surface area contributed by atoms with E-state index < -0.39 is 0 Å². The molecule has 0 atom stereocenters. The Balaban J connectivity index is 1.96. The monoisotopic (exact) mass is 322 g/mol. The lowest BCUT2D eigenvalue weighted by molar-refractivity contribution is 0.306. The molecule has 2 aromatic carbocycles. The van der Waals surface area contributed by atoms with Gasteiger partial charge in [-0.05, 0) is 47.2 Å². The van der Waals surface area contributed by atoms with Crippen LogP contribution in [0, 0.1) is 5.41 Å². The molecule has 1 nitrogen and oxygen atoms in total. The molecule has 0 spiro atoms. The van der Waals surface area contributed by atoms with Crippen LogP contribution in [0.3, 0.4) is 0 Å². The van der Waals surface area contributed by atoms with Gasteiger partial charge in [0.15, 0.2) is 0 Å². The van der Waals surface area contributed by atoms with E-state index in [1.54, 1.807) is 6.07 Å². The second kappa shape index (κ2) is 6.72. The van der Waals surface area contributed by atoms with Gasteiger partial charge in [0.05, 0.1) is 10.0 Å². The Morgan fingerprint density at radius 1 is 0.857 bits per heavy atom. The number of benzene rings is 2. The fourth-order valence-corrected chi connectivity index (χ4v) is 2.43. The van der Waals surface area contributed by atoms with Crippen molar-refractivity contribution in [1.29, 1.82) is 0 Å². The van der Waals surface area contributed by atoms with Gasteiger partial charge in [0.25, 0.3) is 0 Å². The van der Waals surface area contributed by atoms with Crippen molar-refractivity contribution in [3.63, 3.8) is 0 Å². The van der Waals surface area contributed by atoms with E-state index in [0.29, 0.717) is 22.1 Å². The maximum atomic E-state index is 5.99. The second-order valence-electron chi connectivity index (χ2n) is 6.42. The zero-order chi connectivity index (χ0) is 15.5. The van der Waals surface area contributed by atoms with Gasteiger partial charge in [-0.1, -0.05) is 62.2 Å². The molecule has 3 heteroatoms. The van der Waals surface area contributed by atoms with Crippen molar-refractivity contribution in [2.75, 3.05) is 0 Å². The number of ether oxygens (including phenoxy) is 1. The van der Waals surface area contributed by atoms with Gasteiger partial charge in [-0.3, -0.25) is 0 Å². The van der Waals surface area contributed by atoms with E-state index in [0.717, 1.165) is 17.7 Å². The van der Waals surface area contributed by atoms with Crippen molar-refractivity contribution in [3.05, 3.63) is 63.6 Å². The van der Waals surface area contributed by atoms with E-state index in [1.165, 1.54) is 5.56 Å². The average molecular weight is 323 g/mol. The summed E-state index contributed by atoms with van der Waals surface area (Å²) in [5, 5.41) is 1.12. The van der Waals surface area contributed by atoms with Crippen molar-refractivity contribution in [2.24, 2.45) is 5.41 Å². The number of hydrogen-bond donors (Lipinski definition) is 0. The Labute approximate surface area is 136 Å². The first-order chi connectivity index (χ1) is 9.83. The molecule has 0 aromatic heterocycles. The van der Waals surface area contributed by atoms with E-state index in [4.69, 9.17) is 27.9 Å². The van der Waals surface area contributed by atoms with Gasteiger partial charge in [0, 0.05) is 0 Å². The number of hydrogen-bond acceptors (Lipinski definition) is 1. The van der Waals surface area contributed by atoms with Crippen LogP contribution in [0.1, 0.15) is 31.9 Å². The van der Waals surface area contributed by atoms with Crippen LogP contribution < -0.4 is 4.74 Å². The van der Waals surface area contributed by atoms with Gasteiger partial charge in [0.1, 0.15) is 12.4 Å². The molecule has 0 aliphatic rings. The third-order valence-electron chi connectivity index (χ3n) is 3.05. The van der Waals surface area contributed by atoms with Crippen LogP contribution in [0.15, 0.2) is 42.5 Å². The molecular weight excluding hydrogens is 303 g/mol. The smallest absolute Gasteiger partial charge is 0.119 e. The first-order valence-electron chi connectivity index (χ1n) is 6.99. The van der Waals surface area contributed by atoms with Gasteiger partial charge in [0.2, 0.25) is 0 Å². The van der Waals surface area contributed by atoms with E-state index in [2.05, 4.69) is 32.9 Å². The minimum Gasteiger partial charge on any atom is -0.489 e. The van der Waals surface area contributed by atoms with E-state index in [1.807, 2.05) is 24.3 Å². The quantitative estimate of drug-likeness (QED) is 0.654. The summed E-state index contributed by atoms with van der Waals surface area (Å²) in [6, 6.07) is 13.8. The summed E-state index contributed by atoms with van der Waals surface area (Å²) in [7, 11) is 0. The van der Waals surface area contributed by atoms with Gasteiger partial charge >= 0.3 is 0 Å². The summed E-state index contributed by atoms with van der Waals surface area (Å²) in [4.78, 5) is 0. The molecule has 0 aliphatic carbocycles. The second-order valence-corrected chi connectivity index (χ2v) is 7.23. The van der Waals surface area contributed by atoms with Crippen molar-refractivity contribution in [2.45, 2.75) is 33.8 Å². The van der Waals surface area contributed by atoms with E-state index >= 15 is 0 Å². The summed E-state index contributed by atoms with van der Waals surface area (Å²) < 4.78 is 5.77. The maximum absolute atomic E-state index is 5.99. The summed E-state index contributed by atoms with van der Waals surface area (Å²) in [5.41, 5.74) is 2.62. The number of rotatable bonds is 4. The Hall–Kier alpha value is -1.18. The molecule has 0 radical (unpaired) electrons. The molecule has 0 aliphatic heterocycles. The van der Waals surface area contributed by atoms with Crippen molar-refractivity contribution in [1.82, 2.24) is 0 Å².